The largest absolute Gasteiger partial charge is 0.491 e. The van der Waals surface area contributed by atoms with Gasteiger partial charge in [0.15, 0.2) is 0 Å². The molecule has 0 saturated heterocycles. The van der Waals surface area contributed by atoms with Gasteiger partial charge in [-0.25, -0.2) is 4.79 Å². The van der Waals surface area contributed by atoms with Crippen LogP contribution >= 0.6 is 0 Å². The lowest BCUT2D eigenvalue weighted by molar-refractivity contribution is 0.184. The second-order valence-corrected chi connectivity index (χ2v) is 6.64. The minimum absolute atomic E-state index is 0.0235. The molecule has 3 rings (SSSR count). The molecule has 0 radical (unpaired) electrons. The number of hydrogen-bond acceptors (Lipinski definition) is 3. The number of carbonyl (C=O) groups is 1. The Morgan fingerprint density at radius 3 is 2.65 bits per heavy atom. The van der Waals surface area contributed by atoms with Crippen molar-refractivity contribution in [1.29, 1.82) is 0 Å². The first-order chi connectivity index (χ1) is 12.6. The molecule has 5 heteroatoms. The van der Waals surface area contributed by atoms with E-state index in [1.165, 1.54) is 5.56 Å². The zero-order valence-corrected chi connectivity index (χ0v) is 15.4. The van der Waals surface area contributed by atoms with Crippen molar-refractivity contribution in [3.8, 4) is 5.75 Å². The molecule has 0 spiro atoms. The van der Waals surface area contributed by atoms with Crippen LogP contribution in [0.5, 0.6) is 5.75 Å². The zero-order valence-electron chi connectivity index (χ0n) is 15.4. The summed E-state index contributed by atoms with van der Waals surface area (Å²) in [5, 5.41) is 12.4. The van der Waals surface area contributed by atoms with Gasteiger partial charge in [-0.1, -0.05) is 37.3 Å². The van der Waals surface area contributed by atoms with E-state index in [0.29, 0.717) is 19.7 Å². The molecule has 2 aromatic rings. The summed E-state index contributed by atoms with van der Waals surface area (Å²) in [6.45, 7) is 5.54. The molecule has 0 fully saturated rings. The predicted molar refractivity (Wildman–Crippen MR) is 101 cm³/mol. The molecule has 1 unspecified atom stereocenters. The molecule has 2 amide bonds. The molecule has 2 aromatic carbocycles. The number of benzene rings is 2. The van der Waals surface area contributed by atoms with Crippen molar-refractivity contribution in [2.24, 2.45) is 0 Å². The number of aliphatic hydroxyl groups excluding tert-OH is 1. The van der Waals surface area contributed by atoms with Crippen molar-refractivity contribution in [3.63, 3.8) is 0 Å². The van der Waals surface area contributed by atoms with Gasteiger partial charge in [-0.15, -0.1) is 0 Å². The molecule has 5 nitrogen and oxygen atoms in total. The smallest absolute Gasteiger partial charge is 0.318 e. The highest BCUT2D eigenvalue weighted by atomic mass is 16.5. The number of carbonyl (C=O) groups excluding carboxylic acids is 1. The minimum atomic E-state index is -0.108. The van der Waals surface area contributed by atoms with Crippen molar-refractivity contribution in [1.82, 2.24) is 10.2 Å². The second kappa shape index (κ2) is 8.23. The van der Waals surface area contributed by atoms with Crippen molar-refractivity contribution >= 4 is 6.03 Å². The summed E-state index contributed by atoms with van der Waals surface area (Å²) in [5.74, 6) is 0.778. The molecular weight excluding hydrogens is 328 g/mol. The maximum absolute atomic E-state index is 12.7. The van der Waals surface area contributed by atoms with E-state index in [4.69, 9.17) is 4.74 Å². The lowest BCUT2D eigenvalue weighted by Gasteiger charge is -2.23. The Labute approximate surface area is 154 Å². The quantitative estimate of drug-likeness (QED) is 0.884. The summed E-state index contributed by atoms with van der Waals surface area (Å²) in [4.78, 5) is 14.5. The third-order valence-corrected chi connectivity index (χ3v) is 4.80. The first-order valence-corrected chi connectivity index (χ1v) is 9.10. The third-order valence-electron chi connectivity index (χ3n) is 4.80. The fraction of sp³-hybridized carbons (Fsp3) is 0.381. The highest BCUT2D eigenvalue weighted by molar-refractivity contribution is 5.75. The van der Waals surface area contributed by atoms with Gasteiger partial charge >= 0.3 is 6.03 Å². The fourth-order valence-electron chi connectivity index (χ4n) is 3.12. The summed E-state index contributed by atoms with van der Waals surface area (Å²) in [5.41, 5.74) is 4.11. The Bertz CT molecular complexity index is 758. The van der Waals surface area contributed by atoms with E-state index in [1.807, 2.05) is 25.1 Å². The molecule has 1 heterocycles. The number of aryl methyl sites for hydroxylation is 1. The normalized spacial score (nSPS) is 14.8. The molecule has 1 aliphatic heterocycles. The number of rotatable bonds is 4. The van der Waals surface area contributed by atoms with Crippen molar-refractivity contribution in [2.45, 2.75) is 39.5 Å². The average Bonchev–Trinajstić information content (AvgIpc) is 2.89. The molecule has 0 saturated carbocycles. The number of urea groups is 1. The van der Waals surface area contributed by atoms with Gasteiger partial charge in [0.2, 0.25) is 0 Å². The Morgan fingerprint density at radius 2 is 1.96 bits per heavy atom. The Hall–Kier alpha value is -2.53. The van der Waals surface area contributed by atoms with Crippen LogP contribution in [0.1, 0.15) is 42.1 Å². The highest BCUT2D eigenvalue weighted by Gasteiger charge is 2.21. The summed E-state index contributed by atoms with van der Waals surface area (Å²) in [7, 11) is 0. The van der Waals surface area contributed by atoms with Crippen molar-refractivity contribution in [2.75, 3.05) is 13.2 Å². The first kappa shape index (κ1) is 18.3. The van der Waals surface area contributed by atoms with Gasteiger partial charge in [0, 0.05) is 5.56 Å². The molecule has 0 aromatic heterocycles. The van der Waals surface area contributed by atoms with Crippen LogP contribution in [0.15, 0.2) is 42.5 Å². The van der Waals surface area contributed by atoms with Gasteiger partial charge in [0.05, 0.1) is 25.7 Å². The molecule has 2 N–H and O–H groups in total. The number of amides is 2. The van der Waals surface area contributed by atoms with E-state index in [9.17, 15) is 9.90 Å². The third kappa shape index (κ3) is 4.17. The minimum Gasteiger partial charge on any atom is -0.491 e. The number of fused-ring (bicyclic) bond motifs is 1. The predicted octanol–water partition coefficient (Wildman–Crippen LogP) is 3.41. The Morgan fingerprint density at radius 1 is 1.23 bits per heavy atom. The zero-order chi connectivity index (χ0) is 18.5. The number of nitrogens with one attached hydrogen (secondary N) is 1. The van der Waals surface area contributed by atoms with Crippen molar-refractivity contribution < 1.29 is 14.6 Å². The monoisotopic (exact) mass is 354 g/mol. The molecule has 26 heavy (non-hydrogen) atoms. The number of nitrogens with zero attached hydrogens (tertiary/aromatic N) is 1. The van der Waals surface area contributed by atoms with Crippen LogP contribution < -0.4 is 10.1 Å². The van der Waals surface area contributed by atoms with Gasteiger partial charge in [-0.05, 0) is 42.2 Å². The van der Waals surface area contributed by atoms with E-state index in [2.05, 4.69) is 36.5 Å². The molecule has 138 valence electrons. The van der Waals surface area contributed by atoms with Crippen LogP contribution in [0.4, 0.5) is 4.79 Å². The Balaban J connectivity index is 1.68. The summed E-state index contributed by atoms with van der Waals surface area (Å²) < 4.78 is 5.74. The standard InChI is InChI=1S/C21H26N2O3/c1-3-16-4-7-18(8-5-16)15(2)22-21(25)23-10-11-26-20-9-6-17(14-24)12-19(20)13-23/h4-9,12,15,24H,3,10-11,13-14H2,1-2H3,(H,22,25). The van der Waals surface area contributed by atoms with E-state index in [1.54, 1.807) is 4.90 Å². The Kier molecular flexibility index (Phi) is 5.78. The van der Waals surface area contributed by atoms with Crippen LogP contribution in [-0.2, 0) is 19.6 Å². The highest BCUT2D eigenvalue weighted by Crippen LogP contribution is 2.25. The lowest BCUT2D eigenvalue weighted by atomic mass is 10.1. The summed E-state index contributed by atoms with van der Waals surface area (Å²) in [6, 6.07) is 13.8. The maximum Gasteiger partial charge on any atom is 0.318 e. The molecule has 1 aliphatic rings. The summed E-state index contributed by atoms with van der Waals surface area (Å²) >= 11 is 0. The average molecular weight is 354 g/mol. The maximum atomic E-state index is 12.7. The van der Waals surface area contributed by atoms with Crippen LogP contribution in [0.2, 0.25) is 0 Å². The molecule has 1 atom stereocenters. The van der Waals surface area contributed by atoms with E-state index in [0.717, 1.165) is 28.9 Å². The SMILES string of the molecule is CCc1ccc(C(C)NC(=O)N2CCOc3ccc(CO)cc3C2)cc1. The fourth-order valence-corrected chi connectivity index (χ4v) is 3.12. The molecule has 0 aliphatic carbocycles. The van der Waals surface area contributed by atoms with Gasteiger partial charge < -0.3 is 20.1 Å². The molecular formula is C21H26N2O3. The topological polar surface area (TPSA) is 61.8 Å². The number of hydrogen-bond donors (Lipinski definition) is 2. The van der Waals surface area contributed by atoms with Gasteiger partial charge in [-0.2, -0.15) is 0 Å². The number of aliphatic hydroxyl groups is 1. The molecule has 0 bridgehead atoms. The van der Waals surface area contributed by atoms with Gasteiger partial charge in [0.1, 0.15) is 12.4 Å². The van der Waals surface area contributed by atoms with E-state index < -0.39 is 0 Å². The summed E-state index contributed by atoms with van der Waals surface area (Å²) in [6.07, 6.45) is 1.00. The van der Waals surface area contributed by atoms with Gasteiger partial charge in [0.25, 0.3) is 0 Å². The van der Waals surface area contributed by atoms with Crippen LogP contribution in [0.25, 0.3) is 0 Å². The van der Waals surface area contributed by atoms with Crippen molar-refractivity contribution in [3.05, 3.63) is 64.7 Å². The van der Waals surface area contributed by atoms with E-state index >= 15 is 0 Å². The van der Waals surface area contributed by atoms with Gasteiger partial charge in [-0.3, -0.25) is 0 Å². The second-order valence-electron chi connectivity index (χ2n) is 6.64. The van der Waals surface area contributed by atoms with Crippen LogP contribution in [0.3, 0.4) is 0 Å². The lowest BCUT2D eigenvalue weighted by Crippen LogP contribution is -2.41. The number of ether oxygens (including phenoxy) is 1. The van der Waals surface area contributed by atoms with Crippen LogP contribution in [0, 0.1) is 0 Å². The first-order valence-electron chi connectivity index (χ1n) is 9.10. The van der Waals surface area contributed by atoms with E-state index in [-0.39, 0.29) is 18.7 Å². The van der Waals surface area contributed by atoms with Crippen LogP contribution in [-0.4, -0.2) is 29.2 Å².